The third-order valence-corrected chi connectivity index (χ3v) is 2.85. The largest absolute Gasteiger partial charge is 0.481 e. The summed E-state index contributed by atoms with van der Waals surface area (Å²) >= 11 is 0. The highest BCUT2D eigenvalue weighted by Gasteiger charge is 2.23. The maximum Gasteiger partial charge on any atom is 0.303 e. The molecule has 0 saturated carbocycles. The Morgan fingerprint density at radius 3 is 2.95 bits per heavy atom. The Hall–Kier alpha value is -2.24. The highest BCUT2D eigenvalue weighted by molar-refractivity contribution is 6.01. The van der Waals surface area contributed by atoms with Gasteiger partial charge in [-0.3, -0.25) is 9.59 Å². The molecule has 0 saturated heterocycles. The van der Waals surface area contributed by atoms with Crippen LogP contribution in [0.15, 0.2) is 23.4 Å². The van der Waals surface area contributed by atoms with Crippen molar-refractivity contribution in [1.29, 1.82) is 0 Å². The molecule has 1 amide bonds. The number of hydrazone groups is 1. The highest BCUT2D eigenvalue weighted by Crippen LogP contribution is 2.20. The number of pyridine rings is 1. The lowest BCUT2D eigenvalue weighted by molar-refractivity contribution is -0.136. The van der Waals surface area contributed by atoms with Gasteiger partial charge >= 0.3 is 5.97 Å². The summed E-state index contributed by atoms with van der Waals surface area (Å²) in [5.74, 6) is -0.491. The second kappa shape index (κ2) is 5.60. The number of hydrogen-bond acceptors (Lipinski definition) is 4. The van der Waals surface area contributed by atoms with E-state index in [0.717, 1.165) is 11.3 Å². The van der Waals surface area contributed by atoms with Gasteiger partial charge in [-0.25, -0.2) is 4.98 Å². The van der Waals surface area contributed by atoms with Gasteiger partial charge in [0.05, 0.1) is 6.42 Å². The van der Waals surface area contributed by atoms with Gasteiger partial charge in [0.25, 0.3) is 0 Å². The Labute approximate surface area is 110 Å². The summed E-state index contributed by atoms with van der Waals surface area (Å²) in [6.07, 6.45) is 2.88. The quantitative estimate of drug-likeness (QED) is 0.894. The average molecular weight is 261 g/mol. The van der Waals surface area contributed by atoms with Crippen molar-refractivity contribution in [1.82, 2.24) is 4.98 Å². The average Bonchev–Trinajstić information content (AvgIpc) is 2.37. The van der Waals surface area contributed by atoms with Crippen molar-refractivity contribution < 1.29 is 14.7 Å². The second-order valence-electron chi connectivity index (χ2n) is 4.46. The summed E-state index contributed by atoms with van der Waals surface area (Å²) in [6.45, 7) is 1.91. The number of carbonyl (C=O) groups is 2. The summed E-state index contributed by atoms with van der Waals surface area (Å²) in [6, 6.07) is 3.62. The van der Waals surface area contributed by atoms with Crippen LogP contribution in [-0.4, -0.2) is 27.7 Å². The van der Waals surface area contributed by atoms with Gasteiger partial charge in [0.1, 0.15) is 0 Å². The molecule has 19 heavy (non-hydrogen) atoms. The van der Waals surface area contributed by atoms with Gasteiger partial charge in [-0.1, -0.05) is 0 Å². The SMILES string of the molecule is Cc1ccnc(N2N=C(CCC(=O)O)CCC2=O)c1. The number of carbonyl (C=O) groups excluding carboxylic acids is 1. The molecule has 2 heterocycles. The number of carboxylic acid groups (broad SMARTS) is 1. The summed E-state index contributed by atoms with van der Waals surface area (Å²) in [7, 11) is 0. The summed E-state index contributed by atoms with van der Waals surface area (Å²) < 4.78 is 0. The first-order valence-corrected chi connectivity index (χ1v) is 6.10. The molecule has 2 rings (SSSR count). The Morgan fingerprint density at radius 2 is 2.26 bits per heavy atom. The minimum Gasteiger partial charge on any atom is -0.481 e. The lowest BCUT2D eigenvalue weighted by Crippen LogP contribution is -2.32. The molecule has 0 fully saturated rings. The number of carboxylic acids is 1. The first-order chi connectivity index (χ1) is 9.06. The molecule has 1 aromatic rings. The number of aliphatic carboxylic acids is 1. The van der Waals surface area contributed by atoms with Crippen LogP contribution in [0.2, 0.25) is 0 Å². The lowest BCUT2D eigenvalue weighted by atomic mass is 10.1. The fraction of sp³-hybridized carbons (Fsp3) is 0.385. The monoisotopic (exact) mass is 261 g/mol. The zero-order chi connectivity index (χ0) is 13.8. The Morgan fingerprint density at radius 1 is 1.47 bits per heavy atom. The van der Waals surface area contributed by atoms with Crippen molar-refractivity contribution in [2.45, 2.75) is 32.6 Å². The number of aryl methyl sites for hydroxylation is 1. The smallest absolute Gasteiger partial charge is 0.303 e. The molecule has 1 aromatic heterocycles. The highest BCUT2D eigenvalue weighted by atomic mass is 16.4. The van der Waals surface area contributed by atoms with Gasteiger partial charge in [-0.15, -0.1) is 0 Å². The lowest BCUT2D eigenvalue weighted by Gasteiger charge is -2.22. The van der Waals surface area contributed by atoms with E-state index in [1.165, 1.54) is 5.01 Å². The van der Waals surface area contributed by atoms with Crippen LogP contribution in [0.25, 0.3) is 0 Å². The van der Waals surface area contributed by atoms with Gasteiger partial charge in [-0.2, -0.15) is 10.1 Å². The molecule has 0 unspecified atom stereocenters. The van der Waals surface area contributed by atoms with Gasteiger partial charge in [-0.05, 0) is 37.5 Å². The topological polar surface area (TPSA) is 82.9 Å². The van der Waals surface area contributed by atoms with E-state index in [4.69, 9.17) is 5.11 Å². The number of anilines is 1. The van der Waals surface area contributed by atoms with Crippen molar-refractivity contribution in [2.75, 3.05) is 5.01 Å². The van der Waals surface area contributed by atoms with Gasteiger partial charge in [0.2, 0.25) is 5.91 Å². The maximum absolute atomic E-state index is 11.9. The van der Waals surface area contributed by atoms with E-state index in [1.807, 2.05) is 13.0 Å². The fourth-order valence-electron chi connectivity index (χ4n) is 1.85. The molecular weight excluding hydrogens is 246 g/mol. The van der Waals surface area contributed by atoms with Crippen LogP contribution in [0.5, 0.6) is 0 Å². The third kappa shape index (κ3) is 3.37. The zero-order valence-electron chi connectivity index (χ0n) is 10.7. The van der Waals surface area contributed by atoms with Crippen LogP contribution in [-0.2, 0) is 9.59 Å². The molecule has 0 spiro atoms. The maximum atomic E-state index is 11.9. The first-order valence-electron chi connectivity index (χ1n) is 6.10. The van der Waals surface area contributed by atoms with E-state index in [-0.39, 0.29) is 12.3 Å². The minimum absolute atomic E-state index is 0.0299. The number of aromatic nitrogens is 1. The number of rotatable bonds is 4. The van der Waals surface area contributed by atoms with Crippen LogP contribution in [0.3, 0.4) is 0 Å². The Balaban J connectivity index is 2.20. The van der Waals surface area contributed by atoms with E-state index in [9.17, 15) is 9.59 Å². The zero-order valence-corrected chi connectivity index (χ0v) is 10.7. The molecule has 6 nitrogen and oxygen atoms in total. The molecule has 0 radical (unpaired) electrons. The molecule has 1 N–H and O–H groups in total. The molecule has 0 aliphatic carbocycles. The van der Waals surface area contributed by atoms with E-state index >= 15 is 0 Å². The molecule has 100 valence electrons. The van der Waals surface area contributed by atoms with Gasteiger partial charge in [0, 0.05) is 18.3 Å². The molecule has 0 bridgehead atoms. The van der Waals surface area contributed by atoms with Crippen molar-refractivity contribution >= 4 is 23.4 Å². The van der Waals surface area contributed by atoms with E-state index < -0.39 is 5.97 Å². The molecule has 1 aliphatic rings. The predicted molar refractivity (Wildman–Crippen MR) is 70.0 cm³/mol. The van der Waals surface area contributed by atoms with E-state index in [2.05, 4.69) is 10.1 Å². The van der Waals surface area contributed by atoms with Crippen LogP contribution in [0.1, 0.15) is 31.2 Å². The van der Waals surface area contributed by atoms with Gasteiger partial charge < -0.3 is 5.11 Å². The van der Waals surface area contributed by atoms with E-state index in [0.29, 0.717) is 25.1 Å². The van der Waals surface area contributed by atoms with Crippen LogP contribution < -0.4 is 5.01 Å². The molecule has 0 atom stereocenters. The normalized spacial score (nSPS) is 15.3. The predicted octanol–water partition coefficient (Wildman–Crippen LogP) is 1.74. The standard InChI is InChI=1S/C13H15N3O3/c1-9-6-7-14-11(8-9)16-12(17)4-2-10(15-16)3-5-13(18)19/h6-8H,2-5H2,1H3,(H,18,19). The number of nitrogens with zero attached hydrogens (tertiary/aromatic N) is 3. The molecule has 0 aromatic carbocycles. The summed E-state index contributed by atoms with van der Waals surface area (Å²) in [4.78, 5) is 26.5. The third-order valence-electron chi connectivity index (χ3n) is 2.85. The van der Waals surface area contributed by atoms with Gasteiger partial charge in [0.15, 0.2) is 5.82 Å². The van der Waals surface area contributed by atoms with Crippen molar-refractivity contribution in [3.63, 3.8) is 0 Å². The molecule has 6 heteroatoms. The van der Waals surface area contributed by atoms with Crippen LogP contribution in [0, 0.1) is 6.92 Å². The van der Waals surface area contributed by atoms with Crippen molar-refractivity contribution in [3.8, 4) is 0 Å². The van der Waals surface area contributed by atoms with Crippen LogP contribution >= 0.6 is 0 Å². The number of hydrogen-bond donors (Lipinski definition) is 1. The Bertz CT molecular complexity index is 540. The van der Waals surface area contributed by atoms with E-state index in [1.54, 1.807) is 12.3 Å². The summed E-state index contributed by atoms with van der Waals surface area (Å²) in [5, 5.41) is 14.2. The number of amides is 1. The minimum atomic E-state index is -0.861. The molecule has 1 aliphatic heterocycles. The summed E-state index contributed by atoms with van der Waals surface area (Å²) in [5.41, 5.74) is 1.72. The second-order valence-corrected chi connectivity index (χ2v) is 4.46. The van der Waals surface area contributed by atoms with Crippen LogP contribution in [0.4, 0.5) is 5.82 Å². The van der Waals surface area contributed by atoms with Crippen molar-refractivity contribution in [2.24, 2.45) is 5.10 Å². The fourth-order valence-corrected chi connectivity index (χ4v) is 1.85. The van der Waals surface area contributed by atoms with Crippen molar-refractivity contribution in [3.05, 3.63) is 23.9 Å². The Kier molecular flexibility index (Phi) is 3.89. The first kappa shape index (κ1) is 13.2. The molecular formula is C13H15N3O3.